The Hall–Kier alpha value is -1.53. The number of nitrogens with zero attached hydrogens (tertiary/aromatic N) is 2. The highest BCUT2D eigenvalue weighted by molar-refractivity contribution is 7.71. The van der Waals surface area contributed by atoms with Crippen LogP contribution in [0.25, 0.3) is 5.69 Å². The van der Waals surface area contributed by atoms with Crippen molar-refractivity contribution >= 4 is 29.8 Å². The van der Waals surface area contributed by atoms with Crippen molar-refractivity contribution in [3.05, 3.63) is 28.0 Å². The quantitative estimate of drug-likeness (QED) is 0.808. The summed E-state index contributed by atoms with van der Waals surface area (Å²) in [7, 11) is 1.55. The Bertz CT molecular complexity index is 577. The predicted molar refractivity (Wildman–Crippen MR) is 64.7 cm³/mol. The third-order valence-corrected chi connectivity index (χ3v) is 2.66. The van der Waals surface area contributed by atoms with E-state index < -0.39 is 0 Å². The smallest absolute Gasteiger partial charge is 0.225 e. The molecule has 0 bridgehead atoms. The minimum Gasteiger partial charge on any atom is -0.495 e. The highest BCUT2D eigenvalue weighted by Crippen LogP contribution is 2.27. The van der Waals surface area contributed by atoms with Crippen LogP contribution in [0.4, 0.5) is 5.95 Å². The summed E-state index contributed by atoms with van der Waals surface area (Å²) in [6.07, 6.45) is 0. The van der Waals surface area contributed by atoms with Crippen molar-refractivity contribution in [2.45, 2.75) is 0 Å². The van der Waals surface area contributed by atoms with E-state index in [0.29, 0.717) is 15.5 Å². The van der Waals surface area contributed by atoms with E-state index in [1.807, 2.05) is 0 Å². The first-order valence-electron chi connectivity index (χ1n) is 4.40. The fourth-order valence-electron chi connectivity index (χ4n) is 1.35. The molecule has 16 heavy (non-hydrogen) atoms. The predicted octanol–water partition coefficient (Wildman–Crippen LogP) is 2.17. The average molecular weight is 257 g/mol. The molecule has 84 valence electrons. The zero-order chi connectivity index (χ0) is 11.7. The summed E-state index contributed by atoms with van der Waals surface area (Å²) in [5, 5.41) is 6.90. The van der Waals surface area contributed by atoms with Crippen molar-refractivity contribution in [2.24, 2.45) is 0 Å². The van der Waals surface area contributed by atoms with E-state index in [9.17, 15) is 0 Å². The maximum atomic E-state index is 6.01. The third kappa shape index (κ3) is 1.77. The van der Waals surface area contributed by atoms with Gasteiger partial charge in [0, 0.05) is 0 Å². The van der Waals surface area contributed by atoms with Crippen molar-refractivity contribution in [1.82, 2.24) is 14.8 Å². The first kappa shape index (κ1) is 11.0. The Labute approximate surface area is 102 Å². The number of nitrogens with two attached hydrogens (primary N) is 1. The molecule has 3 N–H and O–H groups in total. The average Bonchev–Trinajstić information content (AvgIpc) is 2.58. The van der Waals surface area contributed by atoms with Crippen LogP contribution < -0.4 is 10.5 Å². The molecule has 1 aromatic carbocycles. The Balaban J connectivity index is 2.58. The number of nitrogens with one attached hydrogen (secondary N) is 1. The van der Waals surface area contributed by atoms with Crippen molar-refractivity contribution in [3.8, 4) is 11.4 Å². The van der Waals surface area contributed by atoms with Crippen LogP contribution in [0.2, 0.25) is 5.02 Å². The van der Waals surface area contributed by atoms with Crippen molar-refractivity contribution < 1.29 is 4.74 Å². The Morgan fingerprint density at radius 3 is 2.81 bits per heavy atom. The lowest BCUT2D eigenvalue weighted by molar-refractivity contribution is 0.415. The van der Waals surface area contributed by atoms with Crippen molar-refractivity contribution in [1.29, 1.82) is 0 Å². The van der Waals surface area contributed by atoms with E-state index >= 15 is 0 Å². The van der Waals surface area contributed by atoms with E-state index in [1.165, 1.54) is 0 Å². The minimum absolute atomic E-state index is 0.284. The minimum atomic E-state index is 0.284. The van der Waals surface area contributed by atoms with Crippen LogP contribution in [0.1, 0.15) is 0 Å². The molecule has 0 saturated carbocycles. The Kier molecular flexibility index (Phi) is 2.84. The third-order valence-electron chi connectivity index (χ3n) is 2.09. The van der Waals surface area contributed by atoms with Gasteiger partial charge >= 0.3 is 0 Å². The van der Waals surface area contributed by atoms with Crippen LogP contribution in [0.5, 0.6) is 5.75 Å². The molecule has 0 fully saturated rings. The number of aromatic amines is 1. The maximum absolute atomic E-state index is 6.01. The number of hydrogen-bond donors (Lipinski definition) is 2. The van der Waals surface area contributed by atoms with Gasteiger partial charge in [-0.3, -0.25) is 4.57 Å². The van der Waals surface area contributed by atoms with Gasteiger partial charge in [0.1, 0.15) is 5.75 Å². The van der Waals surface area contributed by atoms with Gasteiger partial charge in [-0.1, -0.05) is 11.6 Å². The molecule has 0 atom stereocenters. The number of hydrogen-bond acceptors (Lipinski definition) is 4. The SMILES string of the molecule is COc1ccc(-n2c(N)n[nH]c2=S)cc1Cl. The number of benzene rings is 1. The number of methoxy groups -OCH3 is 1. The summed E-state index contributed by atoms with van der Waals surface area (Å²) < 4.78 is 7.06. The number of nitrogen functional groups attached to an aromatic ring is 1. The molecule has 7 heteroatoms. The number of anilines is 1. The molecule has 0 radical (unpaired) electrons. The molecule has 2 rings (SSSR count). The van der Waals surface area contributed by atoms with Gasteiger partial charge in [-0.25, -0.2) is 5.10 Å². The summed E-state index contributed by atoms with van der Waals surface area (Å²) in [4.78, 5) is 0. The number of aromatic nitrogens is 3. The van der Waals surface area contributed by atoms with E-state index in [1.54, 1.807) is 29.9 Å². The number of ether oxygens (including phenoxy) is 1. The molecule has 0 amide bonds. The molecule has 0 unspecified atom stereocenters. The first-order chi connectivity index (χ1) is 7.63. The van der Waals surface area contributed by atoms with Crippen molar-refractivity contribution in [2.75, 3.05) is 12.8 Å². The lowest BCUT2D eigenvalue weighted by Gasteiger charge is -2.07. The van der Waals surface area contributed by atoms with Gasteiger partial charge in [0.05, 0.1) is 17.8 Å². The summed E-state index contributed by atoms with van der Waals surface area (Å²) in [5.74, 6) is 0.880. The zero-order valence-corrected chi connectivity index (χ0v) is 9.97. The lowest BCUT2D eigenvalue weighted by atomic mass is 10.3. The van der Waals surface area contributed by atoms with Gasteiger partial charge in [0.2, 0.25) is 10.7 Å². The zero-order valence-electron chi connectivity index (χ0n) is 8.40. The number of halogens is 1. The summed E-state index contributed by atoms with van der Waals surface area (Å²) in [5.41, 5.74) is 6.41. The standard InChI is InChI=1S/C9H9ClN4OS/c1-15-7-3-2-5(4-6(7)10)14-8(11)12-13-9(14)16/h2-4H,1H3,(H2,11,12)(H,13,16). The summed E-state index contributed by atoms with van der Waals surface area (Å²) >= 11 is 11.1. The molecule has 0 aliphatic carbocycles. The Morgan fingerprint density at radius 2 is 2.31 bits per heavy atom. The van der Waals surface area contributed by atoms with Gasteiger partial charge in [-0.05, 0) is 30.4 Å². The molecule has 0 aliphatic heterocycles. The fourth-order valence-corrected chi connectivity index (χ4v) is 1.85. The van der Waals surface area contributed by atoms with Crippen molar-refractivity contribution in [3.63, 3.8) is 0 Å². The molecule has 0 spiro atoms. The van der Waals surface area contributed by atoms with Gasteiger partial charge in [-0.2, -0.15) is 0 Å². The van der Waals surface area contributed by atoms with Crippen LogP contribution in [-0.2, 0) is 0 Å². The van der Waals surface area contributed by atoms with E-state index in [2.05, 4.69) is 10.2 Å². The second-order valence-corrected chi connectivity index (χ2v) is 3.84. The largest absolute Gasteiger partial charge is 0.495 e. The number of rotatable bonds is 2. The van der Waals surface area contributed by atoms with Crippen LogP contribution in [0.3, 0.4) is 0 Å². The molecule has 0 aliphatic rings. The molecule has 1 heterocycles. The van der Waals surface area contributed by atoms with E-state index in [0.717, 1.165) is 5.69 Å². The van der Waals surface area contributed by atoms with Crippen LogP contribution >= 0.6 is 23.8 Å². The number of H-pyrrole nitrogens is 1. The van der Waals surface area contributed by atoms with E-state index in [4.69, 9.17) is 34.3 Å². The first-order valence-corrected chi connectivity index (χ1v) is 5.19. The molecular weight excluding hydrogens is 248 g/mol. The topological polar surface area (TPSA) is 68.9 Å². The molecule has 1 aromatic heterocycles. The maximum Gasteiger partial charge on any atom is 0.225 e. The van der Waals surface area contributed by atoms with E-state index in [-0.39, 0.29) is 5.95 Å². The summed E-state index contributed by atoms with van der Waals surface area (Å²) in [6, 6.07) is 5.25. The molecular formula is C9H9ClN4OS. The summed E-state index contributed by atoms with van der Waals surface area (Å²) in [6.45, 7) is 0. The lowest BCUT2D eigenvalue weighted by Crippen LogP contribution is -2.00. The molecule has 2 aromatic rings. The molecule has 5 nitrogen and oxygen atoms in total. The second kappa shape index (κ2) is 4.15. The second-order valence-electron chi connectivity index (χ2n) is 3.04. The normalized spacial score (nSPS) is 10.4. The van der Waals surface area contributed by atoms with Gasteiger partial charge in [0.15, 0.2) is 0 Å². The van der Waals surface area contributed by atoms with Crippen LogP contribution in [-0.4, -0.2) is 21.9 Å². The highest BCUT2D eigenvalue weighted by atomic mass is 35.5. The molecule has 0 saturated heterocycles. The fraction of sp³-hybridized carbons (Fsp3) is 0.111. The highest BCUT2D eigenvalue weighted by Gasteiger charge is 2.07. The van der Waals surface area contributed by atoms with Gasteiger partial charge < -0.3 is 10.5 Å². The Morgan fingerprint density at radius 1 is 1.56 bits per heavy atom. The monoisotopic (exact) mass is 256 g/mol. The van der Waals surface area contributed by atoms with Crippen LogP contribution in [0, 0.1) is 4.77 Å². The van der Waals surface area contributed by atoms with Crippen LogP contribution in [0.15, 0.2) is 18.2 Å². The van der Waals surface area contributed by atoms with Gasteiger partial charge in [-0.15, -0.1) is 5.10 Å². The van der Waals surface area contributed by atoms with Gasteiger partial charge in [0.25, 0.3) is 0 Å².